The fourth-order valence-corrected chi connectivity index (χ4v) is 2.10. The van der Waals surface area contributed by atoms with E-state index in [2.05, 4.69) is 11.3 Å². The van der Waals surface area contributed by atoms with Gasteiger partial charge in [0.05, 0.1) is 6.42 Å². The summed E-state index contributed by atoms with van der Waals surface area (Å²) in [4.78, 5) is 33.5. The Bertz CT molecular complexity index is 479. The zero-order valence-electron chi connectivity index (χ0n) is 12.2. The normalized spacial score (nSPS) is 17.2. The summed E-state index contributed by atoms with van der Waals surface area (Å²) in [6.07, 6.45) is -5.25. The first kappa shape index (κ1) is 19.0. The minimum absolute atomic E-state index is 0.276. The number of alkyl halides is 3. The molecule has 0 bridgehead atoms. The maximum atomic E-state index is 12.4. The minimum atomic E-state index is -5.26. The molecule has 0 aromatic rings. The van der Waals surface area contributed by atoms with Gasteiger partial charge in [0.1, 0.15) is 6.10 Å². The van der Waals surface area contributed by atoms with Crippen molar-refractivity contribution in [3.8, 4) is 0 Å². The molecule has 1 saturated carbocycles. The molecule has 0 amide bonds. The molecule has 1 atom stereocenters. The van der Waals surface area contributed by atoms with Crippen LogP contribution in [0.4, 0.5) is 13.2 Å². The van der Waals surface area contributed by atoms with Crippen LogP contribution in [0.1, 0.15) is 38.5 Å². The highest BCUT2D eigenvalue weighted by Crippen LogP contribution is 2.25. The number of halogens is 3. The molecule has 0 radical (unpaired) electrons. The van der Waals surface area contributed by atoms with Gasteiger partial charge < -0.3 is 14.6 Å². The Morgan fingerprint density at radius 3 is 2.22 bits per heavy atom. The first-order chi connectivity index (χ1) is 10.6. The Balaban J connectivity index is 2.50. The van der Waals surface area contributed by atoms with Crippen LogP contribution in [0.25, 0.3) is 0 Å². The summed E-state index contributed by atoms with van der Waals surface area (Å²) in [6, 6.07) is 0. The predicted molar refractivity (Wildman–Crippen MR) is 70.3 cm³/mol. The molecule has 9 heteroatoms. The molecule has 0 aromatic heterocycles. The molecule has 1 rings (SSSR count). The number of aliphatic carboxylic acids is 1. The molecular formula is C14H17F3O6. The van der Waals surface area contributed by atoms with E-state index < -0.39 is 42.2 Å². The van der Waals surface area contributed by atoms with Crippen molar-refractivity contribution in [2.24, 2.45) is 0 Å². The van der Waals surface area contributed by atoms with E-state index in [1.165, 1.54) is 0 Å². The molecule has 1 fully saturated rings. The smallest absolute Gasteiger partial charge is 0.436 e. The van der Waals surface area contributed by atoms with Crippen LogP contribution in [0.5, 0.6) is 0 Å². The van der Waals surface area contributed by atoms with E-state index >= 15 is 0 Å². The average molecular weight is 338 g/mol. The Kier molecular flexibility index (Phi) is 6.59. The third-order valence-electron chi connectivity index (χ3n) is 3.24. The topological polar surface area (TPSA) is 89.9 Å². The second-order valence-corrected chi connectivity index (χ2v) is 5.20. The maximum Gasteiger partial charge on any atom is 0.436 e. The first-order valence-corrected chi connectivity index (χ1v) is 6.99. The molecule has 1 N–H and O–H groups in total. The van der Waals surface area contributed by atoms with Crippen molar-refractivity contribution >= 4 is 17.9 Å². The van der Waals surface area contributed by atoms with E-state index in [0.29, 0.717) is 12.8 Å². The maximum absolute atomic E-state index is 12.4. The summed E-state index contributed by atoms with van der Waals surface area (Å²) in [5.74, 6) is -4.77. The number of carbonyl (C=O) groups is 3. The molecule has 130 valence electrons. The summed E-state index contributed by atoms with van der Waals surface area (Å²) in [6.45, 7) is 3.15. The standard InChI is InChI=1S/C14H17F3O6/c1-8(7-10(18)22-9-5-3-2-4-6-9)13(21)23-11(12(19)20)14(15,16)17/h9,11H,1-7H2,(H,19,20). The minimum Gasteiger partial charge on any atom is -0.478 e. The van der Waals surface area contributed by atoms with Gasteiger partial charge in [0, 0.05) is 5.57 Å². The largest absolute Gasteiger partial charge is 0.478 e. The van der Waals surface area contributed by atoms with Crippen molar-refractivity contribution in [3.63, 3.8) is 0 Å². The van der Waals surface area contributed by atoms with Crippen LogP contribution in [0.3, 0.4) is 0 Å². The first-order valence-electron chi connectivity index (χ1n) is 6.99. The van der Waals surface area contributed by atoms with Crippen molar-refractivity contribution in [1.82, 2.24) is 0 Å². The van der Waals surface area contributed by atoms with Gasteiger partial charge in [-0.2, -0.15) is 13.2 Å². The summed E-state index contributed by atoms with van der Waals surface area (Å²) in [5, 5.41) is 8.42. The Morgan fingerprint density at radius 1 is 1.17 bits per heavy atom. The zero-order valence-corrected chi connectivity index (χ0v) is 12.2. The quantitative estimate of drug-likeness (QED) is 0.591. The number of carboxylic acids is 1. The molecule has 6 nitrogen and oxygen atoms in total. The lowest BCUT2D eigenvalue weighted by molar-refractivity contribution is -0.225. The van der Waals surface area contributed by atoms with Crippen molar-refractivity contribution in [2.45, 2.75) is 56.9 Å². The van der Waals surface area contributed by atoms with Crippen molar-refractivity contribution in [1.29, 1.82) is 0 Å². The Hall–Kier alpha value is -2.06. The lowest BCUT2D eigenvalue weighted by atomic mass is 9.98. The summed E-state index contributed by atoms with van der Waals surface area (Å²) < 4.78 is 46.1. The van der Waals surface area contributed by atoms with Gasteiger partial charge in [-0.05, 0) is 25.7 Å². The second kappa shape index (κ2) is 7.98. The van der Waals surface area contributed by atoms with Crippen molar-refractivity contribution in [2.75, 3.05) is 0 Å². The van der Waals surface area contributed by atoms with Crippen LogP contribution in [-0.2, 0) is 23.9 Å². The molecule has 0 saturated heterocycles. The highest BCUT2D eigenvalue weighted by Gasteiger charge is 2.48. The van der Waals surface area contributed by atoms with E-state index in [4.69, 9.17) is 9.84 Å². The highest BCUT2D eigenvalue weighted by molar-refractivity contribution is 5.94. The van der Waals surface area contributed by atoms with E-state index in [9.17, 15) is 27.6 Å². The zero-order chi connectivity index (χ0) is 17.6. The van der Waals surface area contributed by atoms with Crippen LogP contribution in [0.15, 0.2) is 12.2 Å². The number of carboxylic acid groups (broad SMARTS) is 1. The van der Waals surface area contributed by atoms with E-state index in [-0.39, 0.29) is 6.10 Å². The lowest BCUT2D eigenvalue weighted by Gasteiger charge is -2.22. The van der Waals surface area contributed by atoms with Gasteiger partial charge in [-0.25, -0.2) is 9.59 Å². The number of ether oxygens (including phenoxy) is 2. The van der Waals surface area contributed by atoms with Crippen LogP contribution in [-0.4, -0.2) is 41.4 Å². The fourth-order valence-electron chi connectivity index (χ4n) is 2.10. The molecule has 0 spiro atoms. The van der Waals surface area contributed by atoms with Gasteiger partial charge in [-0.15, -0.1) is 0 Å². The Morgan fingerprint density at radius 2 is 1.74 bits per heavy atom. The van der Waals surface area contributed by atoms with Crippen LogP contribution >= 0.6 is 0 Å². The van der Waals surface area contributed by atoms with Crippen LogP contribution in [0.2, 0.25) is 0 Å². The molecule has 23 heavy (non-hydrogen) atoms. The van der Waals surface area contributed by atoms with Crippen molar-refractivity contribution < 1.29 is 42.1 Å². The second-order valence-electron chi connectivity index (χ2n) is 5.20. The van der Waals surface area contributed by atoms with Gasteiger partial charge >= 0.3 is 24.1 Å². The van der Waals surface area contributed by atoms with Gasteiger partial charge in [-0.3, -0.25) is 4.79 Å². The molecule has 1 aliphatic rings. The molecule has 0 heterocycles. The van der Waals surface area contributed by atoms with E-state index in [1.54, 1.807) is 0 Å². The number of hydrogen-bond acceptors (Lipinski definition) is 5. The van der Waals surface area contributed by atoms with Crippen LogP contribution < -0.4 is 0 Å². The molecule has 1 aliphatic carbocycles. The number of esters is 2. The SMILES string of the molecule is C=C(CC(=O)OC1CCCCC1)C(=O)OC(C(=O)O)C(F)(F)F. The monoisotopic (exact) mass is 338 g/mol. The molecular weight excluding hydrogens is 321 g/mol. The van der Waals surface area contributed by atoms with Gasteiger partial charge in [0.25, 0.3) is 6.10 Å². The average Bonchev–Trinajstić information content (AvgIpc) is 2.43. The van der Waals surface area contributed by atoms with Gasteiger partial charge in [-0.1, -0.05) is 13.0 Å². The number of hydrogen-bond donors (Lipinski definition) is 1. The number of carbonyl (C=O) groups excluding carboxylic acids is 2. The summed E-state index contributed by atoms with van der Waals surface area (Å²) >= 11 is 0. The predicted octanol–water partition coefficient (Wildman–Crippen LogP) is 2.37. The number of rotatable bonds is 6. The fraction of sp³-hybridized carbons (Fsp3) is 0.643. The summed E-state index contributed by atoms with van der Waals surface area (Å²) in [7, 11) is 0. The molecule has 1 unspecified atom stereocenters. The highest BCUT2D eigenvalue weighted by atomic mass is 19.4. The lowest BCUT2D eigenvalue weighted by Crippen LogP contribution is -2.40. The third-order valence-corrected chi connectivity index (χ3v) is 3.24. The summed E-state index contributed by atoms with van der Waals surface area (Å²) in [5.41, 5.74) is -0.596. The molecule has 0 aromatic carbocycles. The van der Waals surface area contributed by atoms with Crippen molar-refractivity contribution in [3.05, 3.63) is 12.2 Å². The van der Waals surface area contributed by atoms with Crippen LogP contribution in [0, 0.1) is 0 Å². The Labute approximate surface area is 130 Å². The van der Waals surface area contributed by atoms with Gasteiger partial charge in [0.15, 0.2) is 0 Å². The third kappa shape index (κ3) is 6.29. The van der Waals surface area contributed by atoms with Gasteiger partial charge in [0.2, 0.25) is 0 Å². The van der Waals surface area contributed by atoms with E-state index in [0.717, 1.165) is 19.3 Å². The van der Waals surface area contributed by atoms with E-state index in [1.807, 2.05) is 0 Å². The molecule has 0 aliphatic heterocycles.